The second-order valence-corrected chi connectivity index (χ2v) is 5.67. The molecule has 1 aliphatic rings. The Labute approximate surface area is 142 Å². The molecule has 24 heavy (non-hydrogen) atoms. The first-order chi connectivity index (χ1) is 11.5. The van der Waals surface area contributed by atoms with Crippen molar-refractivity contribution in [3.8, 4) is 11.5 Å². The number of rotatable bonds is 3. The van der Waals surface area contributed by atoms with Crippen molar-refractivity contribution in [2.24, 2.45) is 0 Å². The van der Waals surface area contributed by atoms with E-state index in [0.717, 1.165) is 18.6 Å². The molecule has 1 N–H and O–H groups in total. The third-order valence-electron chi connectivity index (χ3n) is 3.50. The number of benzene rings is 2. The van der Waals surface area contributed by atoms with Gasteiger partial charge in [0.1, 0.15) is 0 Å². The maximum Gasteiger partial charge on any atom is 0.251 e. The summed E-state index contributed by atoms with van der Waals surface area (Å²) >= 11 is 6.18. The molecule has 0 saturated heterocycles. The molecule has 0 saturated carbocycles. The molecule has 2 aromatic rings. The molecule has 0 unspecified atom stereocenters. The first-order valence-corrected chi connectivity index (χ1v) is 7.73. The largest absolute Gasteiger partial charge is 0.489 e. The fourth-order valence-corrected chi connectivity index (χ4v) is 2.60. The molecule has 0 radical (unpaired) electrons. The van der Waals surface area contributed by atoms with E-state index in [1.807, 2.05) is 0 Å². The third kappa shape index (κ3) is 3.59. The third-order valence-corrected chi connectivity index (χ3v) is 3.78. The number of amides is 1. The number of halogens is 3. The molecule has 1 amide bonds. The highest BCUT2D eigenvalue weighted by molar-refractivity contribution is 6.32. The quantitative estimate of drug-likeness (QED) is 0.915. The van der Waals surface area contributed by atoms with Gasteiger partial charge in [0, 0.05) is 18.5 Å². The second-order valence-electron chi connectivity index (χ2n) is 5.27. The SMILES string of the molecule is O=C(NCc1cc(Cl)c2c(c1)OCCCO2)c1ccc(F)c(F)c1. The van der Waals surface area contributed by atoms with Gasteiger partial charge in [-0.15, -0.1) is 0 Å². The molecule has 0 fully saturated rings. The van der Waals surface area contributed by atoms with Gasteiger partial charge in [-0.1, -0.05) is 11.6 Å². The molecule has 0 bridgehead atoms. The molecule has 1 heterocycles. The van der Waals surface area contributed by atoms with Crippen molar-refractivity contribution < 1.29 is 23.0 Å². The van der Waals surface area contributed by atoms with Crippen LogP contribution in [0.3, 0.4) is 0 Å². The van der Waals surface area contributed by atoms with E-state index in [0.29, 0.717) is 35.3 Å². The van der Waals surface area contributed by atoms with Crippen LogP contribution in [0, 0.1) is 11.6 Å². The Morgan fingerprint density at radius 1 is 1.12 bits per heavy atom. The lowest BCUT2D eigenvalue weighted by molar-refractivity contribution is 0.0950. The van der Waals surface area contributed by atoms with Gasteiger partial charge in [0.25, 0.3) is 5.91 Å². The zero-order valence-electron chi connectivity index (χ0n) is 12.6. The van der Waals surface area contributed by atoms with Crippen molar-refractivity contribution >= 4 is 17.5 Å². The molecule has 4 nitrogen and oxygen atoms in total. The summed E-state index contributed by atoms with van der Waals surface area (Å²) in [5, 5.41) is 3.02. The summed E-state index contributed by atoms with van der Waals surface area (Å²) in [7, 11) is 0. The zero-order chi connectivity index (χ0) is 17.1. The number of hydrogen-bond acceptors (Lipinski definition) is 3. The van der Waals surface area contributed by atoms with Crippen LogP contribution < -0.4 is 14.8 Å². The van der Waals surface area contributed by atoms with Crippen molar-refractivity contribution in [2.75, 3.05) is 13.2 Å². The van der Waals surface area contributed by atoms with Crippen LogP contribution in [0.25, 0.3) is 0 Å². The Hall–Kier alpha value is -2.34. The first-order valence-electron chi connectivity index (χ1n) is 7.36. The van der Waals surface area contributed by atoms with Crippen LogP contribution in [0.2, 0.25) is 5.02 Å². The number of carbonyl (C=O) groups is 1. The van der Waals surface area contributed by atoms with Gasteiger partial charge in [0.15, 0.2) is 23.1 Å². The molecule has 0 aromatic heterocycles. The molecular weight excluding hydrogens is 340 g/mol. The second kappa shape index (κ2) is 7.05. The van der Waals surface area contributed by atoms with Gasteiger partial charge in [-0.25, -0.2) is 8.78 Å². The van der Waals surface area contributed by atoms with Gasteiger partial charge in [-0.05, 0) is 35.9 Å². The molecule has 0 atom stereocenters. The van der Waals surface area contributed by atoms with Crippen molar-refractivity contribution in [1.29, 1.82) is 0 Å². The van der Waals surface area contributed by atoms with Gasteiger partial charge in [0.2, 0.25) is 0 Å². The highest BCUT2D eigenvalue weighted by Gasteiger charge is 2.16. The van der Waals surface area contributed by atoms with E-state index < -0.39 is 17.5 Å². The smallest absolute Gasteiger partial charge is 0.251 e. The van der Waals surface area contributed by atoms with Crippen LogP contribution in [-0.2, 0) is 6.54 Å². The van der Waals surface area contributed by atoms with Crippen molar-refractivity contribution in [1.82, 2.24) is 5.32 Å². The highest BCUT2D eigenvalue weighted by atomic mass is 35.5. The lowest BCUT2D eigenvalue weighted by Crippen LogP contribution is -2.23. The Kier molecular flexibility index (Phi) is 4.85. The van der Waals surface area contributed by atoms with Crippen LogP contribution >= 0.6 is 11.6 Å². The monoisotopic (exact) mass is 353 g/mol. The van der Waals surface area contributed by atoms with Gasteiger partial charge in [-0.3, -0.25) is 4.79 Å². The predicted octanol–water partition coefficient (Wildman–Crippen LogP) is 3.71. The maximum atomic E-state index is 13.2. The summed E-state index contributed by atoms with van der Waals surface area (Å²) in [6, 6.07) is 6.38. The molecule has 7 heteroatoms. The average Bonchev–Trinajstić information content (AvgIpc) is 2.81. The highest BCUT2D eigenvalue weighted by Crippen LogP contribution is 2.37. The Bertz CT molecular complexity index is 783. The van der Waals surface area contributed by atoms with E-state index in [1.54, 1.807) is 12.1 Å². The molecule has 0 aliphatic carbocycles. The van der Waals surface area contributed by atoms with Crippen LogP contribution in [0.1, 0.15) is 22.3 Å². The normalized spacial score (nSPS) is 13.3. The first kappa shape index (κ1) is 16.5. The fraction of sp³-hybridized carbons (Fsp3) is 0.235. The van der Waals surface area contributed by atoms with Gasteiger partial charge < -0.3 is 14.8 Å². The topological polar surface area (TPSA) is 47.6 Å². The minimum atomic E-state index is -1.07. The van der Waals surface area contributed by atoms with E-state index in [1.165, 1.54) is 6.07 Å². The van der Waals surface area contributed by atoms with Crippen molar-refractivity contribution in [3.05, 3.63) is 58.1 Å². The van der Waals surface area contributed by atoms with Crippen LogP contribution in [0.15, 0.2) is 30.3 Å². The molecular formula is C17H14ClF2NO3. The summed E-state index contributed by atoms with van der Waals surface area (Å²) in [6.07, 6.45) is 0.757. The molecule has 3 rings (SSSR count). The summed E-state index contributed by atoms with van der Waals surface area (Å²) in [5.74, 6) is -1.57. The van der Waals surface area contributed by atoms with E-state index in [9.17, 15) is 13.6 Å². The Morgan fingerprint density at radius 2 is 1.92 bits per heavy atom. The van der Waals surface area contributed by atoms with Crippen LogP contribution in [-0.4, -0.2) is 19.1 Å². The standard InChI is InChI=1S/C17H14ClF2NO3/c18-12-6-10(7-15-16(12)24-5-1-4-23-15)9-21-17(22)11-2-3-13(19)14(20)8-11/h2-3,6-8H,1,4-5,9H2,(H,21,22). The minimum Gasteiger partial charge on any atom is -0.489 e. The Morgan fingerprint density at radius 3 is 2.71 bits per heavy atom. The van der Waals surface area contributed by atoms with E-state index in [4.69, 9.17) is 21.1 Å². The summed E-state index contributed by atoms with van der Waals surface area (Å²) in [5.41, 5.74) is 0.745. The molecule has 0 spiro atoms. The lowest BCUT2D eigenvalue weighted by Gasteiger charge is -2.12. The van der Waals surface area contributed by atoms with Gasteiger partial charge in [-0.2, -0.15) is 0 Å². The lowest BCUT2D eigenvalue weighted by atomic mass is 10.1. The number of hydrogen-bond donors (Lipinski definition) is 1. The number of nitrogens with one attached hydrogen (secondary N) is 1. The van der Waals surface area contributed by atoms with Crippen LogP contribution in [0.5, 0.6) is 11.5 Å². The van der Waals surface area contributed by atoms with E-state index >= 15 is 0 Å². The number of carbonyl (C=O) groups excluding carboxylic acids is 1. The number of fused-ring (bicyclic) bond motifs is 1. The molecule has 126 valence electrons. The van der Waals surface area contributed by atoms with E-state index in [-0.39, 0.29) is 12.1 Å². The zero-order valence-corrected chi connectivity index (χ0v) is 13.3. The summed E-state index contributed by atoms with van der Waals surface area (Å²) in [4.78, 5) is 12.0. The summed E-state index contributed by atoms with van der Waals surface area (Å²) in [6.45, 7) is 1.21. The predicted molar refractivity (Wildman–Crippen MR) is 84.6 cm³/mol. The van der Waals surface area contributed by atoms with Gasteiger partial charge >= 0.3 is 0 Å². The minimum absolute atomic E-state index is 0.0364. The maximum absolute atomic E-state index is 13.2. The van der Waals surface area contributed by atoms with Crippen molar-refractivity contribution in [2.45, 2.75) is 13.0 Å². The summed E-state index contributed by atoms with van der Waals surface area (Å²) < 4.78 is 37.2. The van der Waals surface area contributed by atoms with Crippen LogP contribution in [0.4, 0.5) is 8.78 Å². The molecule has 1 aliphatic heterocycles. The Balaban J connectivity index is 1.72. The molecule has 2 aromatic carbocycles. The number of ether oxygens (including phenoxy) is 2. The fourth-order valence-electron chi connectivity index (χ4n) is 2.31. The average molecular weight is 354 g/mol. The van der Waals surface area contributed by atoms with Gasteiger partial charge in [0.05, 0.1) is 18.2 Å². The van der Waals surface area contributed by atoms with E-state index in [2.05, 4.69) is 5.32 Å². The van der Waals surface area contributed by atoms with Crippen molar-refractivity contribution in [3.63, 3.8) is 0 Å².